The van der Waals surface area contributed by atoms with Crippen molar-refractivity contribution in [2.24, 2.45) is 0 Å². The van der Waals surface area contributed by atoms with Crippen molar-refractivity contribution in [3.8, 4) is 22.9 Å². The third-order valence-electron chi connectivity index (χ3n) is 3.62. The van der Waals surface area contributed by atoms with E-state index in [4.69, 9.17) is 16.3 Å². The molecule has 2 aromatic carbocycles. The van der Waals surface area contributed by atoms with Gasteiger partial charge in [-0.25, -0.2) is 4.98 Å². The van der Waals surface area contributed by atoms with E-state index in [1.54, 1.807) is 12.1 Å². The van der Waals surface area contributed by atoms with E-state index in [-0.39, 0.29) is 10.8 Å². The molecular formula is C16H15ClN2O2. The standard InChI is InChI=1S/C16H15ClN2O2/c1-8-4-12-13(5-9(8)2)19-16(18-12)10-6-11(17)15(20)14(7-10)21-3/h4-7,20H,1-3H3,(H,18,19). The molecule has 108 valence electrons. The van der Waals surface area contributed by atoms with Crippen molar-refractivity contribution in [2.75, 3.05) is 7.11 Å². The Bertz CT molecular complexity index is 801. The lowest BCUT2D eigenvalue weighted by Crippen LogP contribution is -1.87. The number of hydrogen-bond donors (Lipinski definition) is 2. The minimum atomic E-state index is -0.0642. The second-order valence-electron chi connectivity index (χ2n) is 5.05. The Hall–Kier alpha value is -2.20. The van der Waals surface area contributed by atoms with E-state index in [1.165, 1.54) is 18.2 Å². The number of fused-ring (bicyclic) bond motifs is 1. The highest BCUT2D eigenvalue weighted by molar-refractivity contribution is 6.32. The quantitative estimate of drug-likeness (QED) is 0.745. The van der Waals surface area contributed by atoms with E-state index in [9.17, 15) is 5.11 Å². The zero-order valence-electron chi connectivity index (χ0n) is 12.0. The summed E-state index contributed by atoms with van der Waals surface area (Å²) in [5.41, 5.74) is 5.04. The number of phenols is 1. The molecular weight excluding hydrogens is 288 g/mol. The van der Waals surface area contributed by atoms with Crippen molar-refractivity contribution in [1.82, 2.24) is 9.97 Å². The molecule has 0 fully saturated rings. The highest BCUT2D eigenvalue weighted by Gasteiger charge is 2.13. The Labute approximate surface area is 127 Å². The molecule has 0 aliphatic carbocycles. The Morgan fingerprint density at radius 1 is 1.14 bits per heavy atom. The van der Waals surface area contributed by atoms with Crippen molar-refractivity contribution in [3.05, 3.63) is 40.4 Å². The minimum Gasteiger partial charge on any atom is -0.503 e. The Morgan fingerprint density at radius 3 is 2.57 bits per heavy atom. The number of ether oxygens (including phenoxy) is 1. The number of imidazole rings is 1. The number of nitrogens with one attached hydrogen (secondary N) is 1. The molecule has 4 nitrogen and oxygen atoms in total. The molecule has 0 saturated heterocycles. The Morgan fingerprint density at radius 2 is 1.86 bits per heavy atom. The molecule has 5 heteroatoms. The van der Waals surface area contributed by atoms with E-state index in [2.05, 4.69) is 29.9 Å². The molecule has 0 saturated carbocycles. The van der Waals surface area contributed by atoms with Gasteiger partial charge in [-0.3, -0.25) is 0 Å². The average molecular weight is 303 g/mol. The van der Waals surface area contributed by atoms with Gasteiger partial charge >= 0.3 is 0 Å². The monoisotopic (exact) mass is 302 g/mol. The number of nitrogens with zero attached hydrogens (tertiary/aromatic N) is 1. The van der Waals surface area contributed by atoms with Gasteiger partial charge in [0.05, 0.1) is 23.2 Å². The fourth-order valence-corrected chi connectivity index (χ4v) is 2.48. The molecule has 1 heterocycles. The van der Waals surface area contributed by atoms with Gasteiger partial charge in [0.15, 0.2) is 11.5 Å². The topological polar surface area (TPSA) is 58.1 Å². The zero-order chi connectivity index (χ0) is 15.1. The van der Waals surface area contributed by atoms with E-state index in [1.807, 2.05) is 6.07 Å². The van der Waals surface area contributed by atoms with E-state index >= 15 is 0 Å². The highest BCUT2D eigenvalue weighted by atomic mass is 35.5. The summed E-state index contributed by atoms with van der Waals surface area (Å²) in [5.74, 6) is 0.950. The normalized spacial score (nSPS) is 11.0. The number of phenolic OH excluding ortho intramolecular Hbond substituents is 1. The third-order valence-corrected chi connectivity index (χ3v) is 3.91. The number of benzene rings is 2. The van der Waals surface area contributed by atoms with Crippen LogP contribution >= 0.6 is 11.6 Å². The summed E-state index contributed by atoms with van der Waals surface area (Å²) >= 11 is 6.03. The van der Waals surface area contributed by atoms with Crippen LogP contribution in [-0.4, -0.2) is 22.2 Å². The van der Waals surface area contributed by atoms with Gasteiger partial charge in [-0.2, -0.15) is 0 Å². The lowest BCUT2D eigenvalue weighted by Gasteiger charge is -2.07. The van der Waals surface area contributed by atoms with Gasteiger partial charge in [0.2, 0.25) is 0 Å². The predicted molar refractivity (Wildman–Crippen MR) is 84.2 cm³/mol. The number of aromatic nitrogens is 2. The van der Waals surface area contributed by atoms with Crippen LogP contribution in [0, 0.1) is 13.8 Å². The van der Waals surface area contributed by atoms with Crippen LogP contribution in [0.5, 0.6) is 11.5 Å². The fraction of sp³-hybridized carbons (Fsp3) is 0.188. The third kappa shape index (κ3) is 2.32. The maximum absolute atomic E-state index is 9.79. The molecule has 0 unspecified atom stereocenters. The molecule has 0 bridgehead atoms. The molecule has 3 aromatic rings. The smallest absolute Gasteiger partial charge is 0.176 e. The number of H-pyrrole nitrogens is 1. The molecule has 0 aliphatic rings. The van der Waals surface area contributed by atoms with Crippen molar-refractivity contribution in [3.63, 3.8) is 0 Å². The van der Waals surface area contributed by atoms with Crippen LogP contribution in [0.3, 0.4) is 0 Å². The van der Waals surface area contributed by atoms with Gasteiger partial charge in [-0.15, -0.1) is 0 Å². The van der Waals surface area contributed by atoms with Crippen LogP contribution in [0.2, 0.25) is 5.02 Å². The second-order valence-corrected chi connectivity index (χ2v) is 5.46. The highest BCUT2D eigenvalue weighted by Crippen LogP contribution is 2.38. The molecule has 0 aliphatic heterocycles. The van der Waals surface area contributed by atoms with Gasteiger partial charge in [0.1, 0.15) is 5.82 Å². The van der Waals surface area contributed by atoms with Crippen molar-refractivity contribution in [2.45, 2.75) is 13.8 Å². The first-order chi connectivity index (χ1) is 9.99. The van der Waals surface area contributed by atoms with Crippen molar-refractivity contribution >= 4 is 22.6 Å². The first-order valence-corrected chi connectivity index (χ1v) is 6.91. The molecule has 0 radical (unpaired) electrons. The first-order valence-electron chi connectivity index (χ1n) is 6.53. The van der Waals surface area contributed by atoms with E-state index < -0.39 is 0 Å². The Kier molecular flexibility index (Phi) is 3.26. The van der Waals surface area contributed by atoms with Crippen LogP contribution in [0.1, 0.15) is 11.1 Å². The zero-order valence-corrected chi connectivity index (χ0v) is 12.7. The number of aromatic amines is 1. The predicted octanol–water partition coefficient (Wildman–Crippen LogP) is 4.21. The minimum absolute atomic E-state index is 0.0642. The van der Waals surface area contributed by atoms with Crippen LogP contribution < -0.4 is 4.74 Å². The van der Waals surface area contributed by atoms with Crippen LogP contribution in [0.25, 0.3) is 22.4 Å². The lowest BCUT2D eigenvalue weighted by molar-refractivity contribution is 0.374. The summed E-state index contributed by atoms with van der Waals surface area (Å²) in [6.45, 7) is 4.12. The van der Waals surface area contributed by atoms with E-state index in [0.717, 1.165) is 16.6 Å². The number of methoxy groups -OCH3 is 1. The largest absolute Gasteiger partial charge is 0.503 e. The van der Waals surface area contributed by atoms with E-state index in [0.29, 0.717) is 11.6 Å². The molecule has 2 N–H and O–H groups in total. The summed E-state index contributed by atoms with van der Waals surface area (Å²) in [7, 11) is 1.49. The van der Waals surface area contributed by atoms with Gasteiger partial charge in [-0.05, 0) is 49.2 Å². The first kappa shape index (κ1) is 13.8. The van der Waals surface area contributed by atoms with Crippen molar-refractivity contribution in [1.29, 1.82) is 0 Å². The van der Waals surface area contributed by atoms with Gasteiger partial charge in [0, 0.05) is 5.56 Å². The number of rotatable bonds is 2. The summed E-state index contributed by atoms with van der Waals surface area (Å²) in [5, 5.41) is 10.0. The van der Waals surface area contributed by atoms with Gasteiger partial charge in [0.25, 0.3) is 0 Å². The second kappa shape index (κ2) is 4.97. The number of hydrogen-bond acceptors (Lipinski definition) is 3. The number of halogens is 1. The number of aryl methyl sites for hydroxylation is 2. The summed E-state index contributed by atoms with van der Waals surface area (Å²) < 4.78 is 5.12. The summed E-state index contributed by atoms with van der Waals surface area (Å²) in [6.07, 6.45) is 0. The molecule has 0 amide bonds. The molecule has 0 atom stereocenters. The average Bonchev–Trinajstić information content (AvgIpc) is 2.85. The molecule has 0 spiro atoms. The fourth-order valence-electron chi connectivity index (χ4n) is 2.27. The van der Waals surface area contributed by atoms with Gasteiger partial charge in [-0.1, -0.05) is 11.6 Å². The van der Waals surface area contributed by atoms with Crippen LogP contribution in [0.15, 0.2) is 24.3 Å². The molecule has 3 rings (SSSR count). The molecule has 1 aromatic heterocycles. The van der Waals surface area contributed by atoms with Gasteiger partial charge < -0.3 is 14.8 Å². The summed E-state index contributed by atoms with van der Waals surface area (Å²) in [4.78, 5) is 7.85. The van der Waals surface area contributed by atoms with Crippen LogP contribution in [-0.2, 0) is 0 Å². The lowest BCUT2D eigenvalue weighted by atomic mass is 10.1. The maximum Gasteiger partial charge on any atom is 0.176 e. The maximum atomic E-state index is 9.79. The number of aromatic hydroxyl groups is 1. The SMILES string of the molecule is COc1cc(-c2nc3cc(C)c(C)cc3[nH]2)cc(Cl)c1O. The van der Waals surface area contributed by atoms with Crippen molar-refractivity contribution < 1.29 is 9.84 Å². The molecule has 21 heavy (non-hydrogen) atoms. The summed E-state index contributed by atoms with van der Waals surface area (Å²) in [6, 6.07) is 7.49. The van der Waals surface area contributed by atoms with Crippen LogP contribution in [0.4, 0.5) is 0 Å². The Balaban J connectivity index is 2.18.